The van der Waals surface area contributed by atoms with Crippen LogP contribution in [0.25, 0.3) is 6.08 Å². The van der Waals surface area contributed by atoms with E-state index in [0.717, 1.165) is 35.7 Å². The first-order chi connectivity index (χ1) is 12.6. The van der Waals surface area contributed by atoms with Gasteiger partial charge in [0.2, 0.25) is 0 Å². The van der Waals surface area contributed by atoms with E-state index in [1.165, 1.54) is 11.1 Å². The minimum absolute atomic E-state index is 0.737. The van der Waals surface area contributed by atoms with Crippen molar-refractivity contribution in [2.75, 3.05) is 0 Å². The number of rotatable bonds is 4. The monoisotopic (exact) mass is 354 g/mol. The van der Waals surface area contributed by atoms with Gasteiger partial charge >= 0.3 is 0 Å². The van der Waals surface area contributed by atoms with E-state index in [1.54, 1.807) is 0 Å². The van der Waals surface area contributed by atoms with Gasteiger partial charge in [0.05, 0.1) is 0 Å². The highest BCUT2D eigenvalue weighted by molar-refractivity contribution is 5.80. The van der Waals surface area contributed by atoms with Crippen molar-refractivity contribution >= 4 is 18.6 Å². The summed E-state index contributed by atoms with van der Waals surface area (Å²) in [6.45, 7) is 13.9. The number of hydrogen-bond donors (Lipinski definition) is 0. The third-order valence-electron chi connectivity index (χ3n) is 3.15. The van der Waals surface area contributed by atoms with Gasteiger partial charge in [-0.2, -0.15) is 0 Å². The molecule has 0 N–H and O–H groups in total. The summed E-state index contributed by atoms with van der Waals surface area (Å²) in [5.74, 6) is 0. The molecule has 0 unspecified atom stereocenters. The molecule has 0 fully saturated rings. The van der Waals surface area contributed by atoms with E-state index in [2.05, 4.69) is 19.1 Å². The summed E-state index contributed by atoms with van der Waals surface area (Å²) in [6, 6.07) is 15.7. The minimum atomic E-state index is 0.737. The Kier molecular flexibility index (Phi) is 17.2. The predicted molar refractivity (Wildman–Crippen MR) is 115 cm³/mol. The highest BCUT2D eigenvalue weighted by atomic mass is 16.1. The second-order valence-electron chi connectivity index (χ2n) is 5.13. The summed E-state index contributed by atoms with van der Waals surface area (Å²) in [4.78, 5) is 20.5. The van der Waals surface area contributed by atoms with Crippen LogP contribution < -0.4 is 0 Å². The zero-order valence-corrected chi connectivity index (χ0v) is 17.4. The van der Waals surface area contributed by atoms with Crippen LogP contribution in [0.3, 0.4) is 0 Å². The van der Waals surface area contributed by atoms with Crippen LogP contribution in [0, 0.1) is 6.92 Å². The molecule has 26 heavy (non-hydrogen) atoms. The van der Waals surface area contributed by atoms with Crippen molar-refractivity contribution in [1.29, 1.82) is 0 Å². The van der Waals surface area contributed by atoms with E-state index in [1.807, 2.05) is 84.0 Å². The van der Waals surface area contributed by atoms with Gasteiger partial charge in [-0.1, -0.05) is 88.7 Å². The van der Waals surface area contributed by atoms with Crippen molar-refractivity contribution in [2.24, 2.45) is 0 Å². The lowest BCUT2D eigenvalue weighted by Gasteiger charge is -1.98. The van der Waals surface area contributed by atoms with Gasteiger partial charge in [-0.15, -0.1) is 0 Å². The lowest BCUT2D eigenvalue weighted by atomic mass is 10.1. The molecule has 0 saturated heterocycles. The van der Waals surface area contributed by atoms with Crippen LogP contribution in [-0.2, 0) is 11.2 Å². The Labute approximate surface area is 160 Å². The Hall–Kier alpha value is -2.48. The third kappa shape index (κ3) is 12.0. The molecule has 0 aliphatic heterocycles. The molecule has 2 rings (SSSR count). The van der Waals surface area contributed by atoms with Crippen molar-refractivity contribution in [1.82, 2.24) is 0 Å². The van der Waals surface area contributed by atoms with E-state index in [-0.39, 0.29) is 0 Å². The lowest BCUT2D eigenvalue weighted by molar-refractivity contribution is -0.104. The average Bonchev–Trinajstić information content (AvgIpc) is 2.72. The molecule has 0 atom stereocenters. The average molecular weight is 355 g/mol. The maximum Gasteiger partial charge on any atom is 0.150 e. The zero-order chi connectivity index (χ0) is 20.4. The molecule has 0 heterocycles. The molecule has 2 aromatic carbocycles. The Morgan fingerprint density at radius 3 is 1.92 bits per heavy atom. The molecule has 0 aliphatic carbocycles. The van der Waals surface area contributed by atoms with Crippen LogP contribution >= 0.6 is 0 Å². The molecule has 2 aromatic rings. The number of carbonyl (C=O) groups is 2. The van der Waals surface area contributed by atoms with Gasteiger partial charge in [0, 0.05) is 5.56 Å². The first-order valence-electron chi connectivity index (χ1n) is 9.33. The normalized spacial score (nSPS) is 9.27. The fraction of sp³-hybridized carbons (Fsp3) is 0.333. The smallest absolute Gasteiger partial charge is 0.150 e. The molecule has 0 aromatic heterocycles. The van der Waals surface area contributed by atoms with E-state index < -0.39 is 0 Å². The van der Waals surface area contributed by atoms with E-state index in [4.69, 9.17) is 0 Å². The zero-order valence-electron chi connectivity index (χ0n) is 17.4. The summed E-state index contributed by atoms with van der Waals surface area (Å²) in [5, 5.41) is 0. The van der Waals surface area contributed by atoms with Gasteiger partial charge in [0.15, 0.2) is 0 Å². The van der Waals surface area contributed by atoms with Gasteiger partial charge in [0.25, 0.3) is 0 Å². The van der Waals surface area contributed by atoms with Crippen LogP contribution in [0.4, 0.5) is 0 Å². The molecule has 0 saturated carbocycles. The molecular formula is C24H34O2. The first kappa shape index (κ1) is 25.8. The van der Waals surface area contributed by atoms with Crippen LogP contribution in [0.2, 0.25) is 0 Å². The van der Waals surface area contributed by atoms with Crippen molar-refractivity contribution in [3.8, 4) is 0 Å². The molecule has 0 radical (unpaired) electrons. The van der Waals surface area contributed by atoms with Crippen molar-refractivity contribution in [3.63, 3.8) is 0 Å². The summed E-state index contributed by atoms with van der Waals surface area (Å²) in [5.41, 5.74) is 5.07. The Morgan fingerprint density at radius 1 is 0.885 bits per heavy atom. The second kappa shape index (κ2) is 17.3. The van der Waals surface area contributed by atoms with E-state index >= 15 is 0 Å². The summed E-state index contributed by atoms with van der Waals surface area (Å²) >= 11 is 0. The number of allylic oxidation sites excluding steroid dienone is 1. The minimum Gasteiger partial charge on any atom is -0.298 e. The Bertz CT molecular complexity index is 638. The SMILES string of the molecule is CC.CC.CCc1cccc(/C=C(\C)C=O)c1.Cc1ccc(C=O)cc1. The third-order valence-corrected chi connectivity index (χ3v) is 3.15. The molecule has 0 amide bonds. The highest BCUT2D eigenvalue weighted by Crippen LogP contribution is 2.09. The number of benzene rings is 2. The second-order valence-corrected chi connectivity index (χ2v) is 5.13. The van der Waals surface area contributed by atoms with Gasteiger partial charge in [-0.05, 0) is 43.0 Å². The first-order valence-corrected chi connectivity index (χ1v) is 9.33. The maximum atomic E-state index is 10.4. The molecule has 0 aliphatic rings. The largest absolute Gasteiger partial charge is 0.298 e. The van der Waals surface area contributed by atoms with Gasteiger partial charge < -0.3 is 0 Å². The molecule has 0 bridgehead atoms. The Morgan fingerprint density at radius 2 is 1.46 bits per heavy atom. The van der Waals surface area contributed by atoms with E-state index in [0.29, 0.717) is 0 Å². The number of aldehydes is 2. The molecular weight excluding hydrogens is 320 g/mol. The fourth-order valence-corrected chi connectivity index (χ4v) is 1.84. The molecule has 2 nitrogen and oxygen atoms in total. The van der Waals surface area contributed by atoms with Crippen molar-refractivity contribution in [2.45, 2.75) is 54.9 Å². The highest BCUT2D eigenvalue weighted by Gasteiger charge is 1.92. The standard InChI is InChI=1S/C12H14O.C8H8O.2C2H6/c1-3-11-5-4-6-12(8-11)7-10(2)9-13;1-7-2-4-8(6-9)5-3-7;2*1-2/h4-9H,3H2,1-2H3;2-6H,1H3;2*1-2H3/b10-7+;;;. The topological polar surface area (TPSA) is 34.1 Å². The maximum absolute atomic E-state index is 10.4. The van der Waals surface area contributed by atoms with Crippen molar-refractivity contribution < 1.29 is 9.59 Å². The molecule has 0 spiro atoms. The Balaban J connectivity index is 0. The van der Waals surface area contributed by atoms with Gasteiger partial charge in [0.1, 0.15) is 12.6 Å². The van der Waals surface area contributed by atoms with Crippen LogP contribution in [0.1, 0.15) is 68.6 Å². The predicted octanol–water partition coefficient (Wildman–Crippen LogP) is 6.71. The van der Waals surface area contributed by atoms with E-state index in [9.17, 15) is 9.59 Å². The summed E-state index contributed by atoms with van der Waals surface area (Å²) in [6.07, 6.45) is 4.64. The number of hydrogen-bond acceptors (Lipinski definition) is 2. The fourth-order valence-electron chi connectivity index (χ4n) is 1.84. The lowest BCUT2D eigenvalue weighted by Crippen LogP contribution is -1.82. The van der Waals surface area contributed by atoms with Gasteiger partial charge in [-0.25, -0.2) is 0 Å². The van der Waals surface area contributed by atoms with Crippen LogP contribution in [-0.4, -0.2) is 12.6 Å². The summed E-state index contributed by atoms with van der Waals surface area (Å²) < 4.78 is 0. The summed E-state index contributed by atoms with van der Waals surface area (Å²) in [7, 11) is 0. The number of aryl methyl sites for hydroxylation is 2. The van der Waals surface area contributed by atoms with Crippen molar-refractivity contribution in [3.05, 3.63) is 76.4 Å². The number of carbonyl (C=O) groups excluding carboxylic acids is 2. The quantitative estimate of drug-likeness (QED) is 0.451. The molecule has 2 heteroatoms. The molecule has 142 valence electrons. The van der Waals surface area contributed by atoms with Crippen LogP contribution in [0.5, 0.6) is 0 Å². The van der Waals surface area contributed by atoms with Gasteiger partial charge in [-0.3, -0.25) is 9.59 Å². The van der Waals surface area contributed by atoms with Crippen LogP contribution in [0.15, 0.2) is 54.1 Å².